The van der Waals surface area contributed by atoms with Crippen molar-refractivity contribution in [3.8, 4) is 0 Å². The van der Waals surface area contributed by atoms with E-state index in [2.05, 4.69) is 24.2 Å². The standard InChI is InChI=1S/C13H24N2O3/c1-13(6-8-15(2)9-7-13)10-14-11(16)4-3-5-12(17)18/h3-10H2,1-2H3,(H,14,16)(H,17,18). The van der Waals surface area contributed by atoms with Gasteiger partial charge in [-0.1, -0.05) is 6.92 Å². The van der Waals surface area contributed by atoms with Crippen LogP contribution in [0.4, 0.5) is 0 Å². The van der Waals surface area contributed by atoms with Gasteiger partial charge in [-0.2, -0.15) is 0 Å². The van der Waals surface area contributed by atoms with Gasteiger partial charge in [-0.05, 0) is 44.8 Å². The van der Waals surface area contributed by atoms with Gasteiger partial charge in [-0.15, -0.1) is 0 Å². The average molecular weight is 256 g/mol. The van der Waals surface area contributed by atoms with E-state index >= 15 is 0 Å². The van der Waals surface area contributed by atoms with Gasteiger partial charge in [0, 0.05) is 19.4 Å². The Hall–Kier alpha value is -1.10. The summed E-state index contributed by atoms with van der Waals surface area (Å²) in [5.74, 6) is -0.874. The molecule has 2 N–H and O–H groups in total. The van der Waals surface area contributed by atoms with Crippen molar-refractivity contribution in [2.75, 3.05) is 26.7 Å². The summed E-state index contributed by atoms with van der Waals surface area (Å²) in [5, 5.41) is 11.4. The Morgan fingerprint density at radius 2 is 1.89 bits per heavy atom. The molecule has 1 rings (SSSR count). The Morgan fingerprint density at radius 1 is 1.28 bits per heavy atom. The van der Waals surface area contributed by atoms with E-state index in [9.17, 15) is 9.59 Å². The zero-order valence-electron chi connectivity index (χ0n) is 11.4. The van der Waals surface area contributed by atoms with E-state index in [1.807, 2.05) is 0 Å². The van der Waals surface area contributed by atoms with E-state index in [-0.39, 0.29) is 17.7 Å². The first kappa shape index (κ1) is 15.0. The lowest BCUT2D eigenvalue weighted by Crippen LogP contribution is -2.43. The predicted molar refractivity (Wildman–Crippen MR) is 69.3 cm³/mol. The summed E-state index contributed by atoms with van der Waals surface area (Å²) in [6.45, 7) is 5.06. The molecule has 1 fully saturated rings. The third-order valence-electron chi connectivity index (χ3n) is 3.70. The van der Waals surface area contributed by atoms with Crippen molar-refractivity contribution in [1.29, 1.82) is 0 Å². The number of likely N-dealkylation sites (tertiary alicyclic amines) is 1. The van der Waals surface area contributed by atoms with Crippen molar-refractivity contribution in [3.05, 3.63) is 0 Å². The summed E-state index contributed by atoms with van der Waals surface area (Å²) in [5.41, 5.74) is 0.189. The largest absolute Gasteiger partial charge is 0.481 e. The van der Waals surface area contributed by atoms with Crippen LogP contribution < -0.4 is 5.32 Å². The van der Waals surface area contributed by atoms with Crippen LogP contribution in [0.2, 0.25) is 0 Å². The monoisotopic (exact) mass is 256 g/mol. The topological polar surface area (TPSA) is 69.6 Å². The Kier molecular flexibility index (Phi) is 5.59. The van der Waals surface area contributed by atoms with Crippen LogP contribution >= 0.6 is 0 Å². The Labute approximate surface area is 109 Å². The number of hydrogen-bond acceptors (Lipinski definition) is 3. The molecule has 0 unspecified atom stereocenters. The van der Waals surface area contributed by atoms with Crippen LogP contribution in [0.3, 0.4) is 0 Å². The minimum atomic E-state index is -0.843. The highest BCUT2D eigenvalue weighted by molar-refractivity contribution is 5.76. The number of amides is 1. The number of carbonyl (C=O) groups excluding carboxylic acids is 1. The maximum absolute atomic E-state index is 11.6. The first-order chi connectivity index (χ1) is 8.41. The predicted octanol–water partition coefficient (Wildman–Crippen LogP) is 1.09. The number of carbonyl (C=O) groups is 2. The number of carboxylic acids is 1. The molecule has 1 amide bonds. The third-order valence-corrected chi connectivity index (χ3v) is 3.70. The summed E-state index contributed by atoms with van der Waals surface area (Å²) in [4.78, 5) is 24.2. The molecule has 0 aromatic rings. The van der Waals surface area contributed by atoms with Gasteiger partial charge in [0.1, 0.15) is 0 Å². The second kappa shape index (κ2) is 6.73. The number of nitrogens with one attached hydrogen (secondary N) is 1. The number of carboxylic acid groups (broad SMARTS) is 1. The molecule has 0 radical (unpaired) electrons. The van der Waals surface area contributed by atoms with Crippen LogP contribution in [0.25, 0.3) is 0 Å². The molecular weight excluding hydrogens is 232 g/mol. The Balaban J connectivity index is 2.19. The van der Waals surface area contributed by atoms with E-state index in [0.717, 1.165) is 25.9 Å². The first-order valence-electron chi connectivity index (χ1n) is 6.58. The fourth-order valence-corrected chi connectivity index (χ4v) is 2.14. The third kappa shape index (κ3) is 5.49. The molecule has 104 valence electrons. The second-order valence-electron chi connectivity index (χ2n) is 5.64. The van der Waals surface area contributed by atoms with E-state index in [1.165, 1.54) is 0 Å². The number of aliphatic carboxylic acids is 1. The van der Waals surface area contributed by atoms with Crippen molar-refractivity contribution in [2.24, 2.45) is 5.41 Å². The molecule has 0 saturated carbocycles. The molecule has 1 heterocycles. The fraction of sp³-hybridized carbons (Fsp3) is 0.846. The number of rotatable bonds is 6. The van der Waals surface area contributed by atoms with Gasteiger partial charge >= 0.3 is 5.97 Å². The van der Waals surface area contributed by atoms with Gasteiger partial charge in [0.2, 0.25) is 5.91 Å². The highest BCUT2D eigenvalue weighted by Crippen LogP contribution is 2.29. The number of nitrogens with zero attached hydrogens (tertiary/aromatic N) is 1. The normalized spacial score (nSPS) is 19.4. The van der Waals surface area contributed by atoms with Gasteiger partial charge in [0.05, 0.1) is 0 Å². The first-order valence-corrected chi connectivity index (χ1v) is 6.58. The van der Waals surface area contributed by atoms with Crippen molar-refractivity contribution in [3.63, 3.8) is 0 Å². The Bertz CT molecular complexity index is 297. The van der Waals surface area contributed by atoms with Gasteiger partial charge < -0.3 is 15.3 Å². The van der Waals surface area contributed by atoms with Crippen LogP contribution in [0, 0.1) is 5.41 Å². The summed E-state index contributed by atoms with van der Waals surface area (Å²) < 4.78 is 0. The minimum Gasteiger partial charge on any atom is -0.481 e. The smallest absolute Gasteiger partial charge is 0.303 e. The summed E-state index contributed by atoms with van der Waals surface area (Å²) in [6.07, 6.45) is 2.98. The molecule has 0 atom stereocenters. The lowest BCUT2D eigenvalue weighted by molar-refractivity contribution is -0.137. The molecule has 5 heteroatoms. The Morgan fingerprint density at radius 3 is 2.44 bits per heavy atom. The van der Waals surface area contributed by atoms with Crippen LogP contribution in [-0.4, -0.2) is 48.6 Å². The molecule has 18 heavy (non-hydrogen) atoms. The van der Waals surface area contributed by atoms with Crippen LogP contribution in [0.5, 0.6) is 0 Å². The molecule has 0 spiro atoms. The van der Waals surface area contributed by atoms with E-state index < -0.39 is 5.97 Å². The molecule has 0 aliphatic carbocycles. The lowest BCUT2D eigenvalue weighted by atomic mass is 9.80. The average Bonchev–Trinajstić information content (AvgIpc) is 2.31. The second-order valence-corrected chi connectivity index (χ2v) is 5.64. The van der Waals surface area contributed by atoms with Gasteiger partial charge in [0.25, 0.3) is 0 Å². The lowest BCUT2D eigenvalue weighted by Gasteiger charge is -2.37. The van der Waals surface area contributed by atoms with E-state index in [1.54, 1.807) is 0 Å². The van der Waals surface area contributed by atoms with Gasteiger partial charge in [0.15, 0.2) is 0 Å². The van der Waals surface area contributed by atoms with Crippen LogP contribution in [0.1, 0.15) is 39.0 Å². The van der Waals surface area contributed by atoms with Crippen molar-refractivity contribution >= 4 is 11.9 Å². The number of piperidine rings is 1. The minimum absolute atomic E-state index is 0.0311. The van der Waals surface area contributed by atoms with Crippen molar-refractivity contribution in [1.82, 2.24) is 10.2 Å². The van der Waals surface area contributed by atoms with Crippen LogP contribution in [-0.2, 0) is 9.59 Å². The molecule has 0 aromatic carbocycles. The SMILES string of the molecule is CN1CCC(C)(CNC(=O)CCCC(=O)O)CC1. The van der Waals surface area contributed by atoms with E-state index in [4.69, 9.17) is 5.11 Å². The highest BCUT2D eigenvalue weighted by Gasteiger charge is 2.28. The fourth-order valence-electron chi connectivity index (χ4n) is 2.14. The van der Waals surface area contributed by atoms with Crippen molar-refractivity contribution < 1.29 is 14.7 Å². The highest BCUT2D eigenvalue weighted by atomic mass is 16.4. The summed E-state index contributed by atoms with van der Waals surface area (Å²) in [6, 6.07) is 0. The summed E-state index contributed by atoms with van der Waals surface area (Å²) >= 11 is 0. The molecule has 1 saturated heterocycles. The van der Waals surface area contributed by atoms with Crippen molar-refractivity contribution in [2.45, 2.75) is 39.0 Å². The zero-order valence-corrected chi connectivity index (χ0v) is 11.4. The summed E-state index contributed by atoms with van der Waals surface area (Å²) in [7, 11) is 2.12. The maximum atomic E-state index is 11.6. The molecule has 1 aliphatic rings. The maximum Gasteiger partial charge on any atom is 0.303 e. The van der Waals surface area contributed by atoms with Gasteiger partial charge in [-0.3, -0.25) is 9.59 Å². The zero-order chi connectivity index (χ0) is 13.6. The molecule has 1 aliphatic heterocycles. The molecular formula is C13H24N2O3. The molecule has 5 nitrogen and oxygen atoms in total. The molecule has 0 aromatic heterocycles. The number of hydrogen-bond donors (Lipinski definition) is 2. The quantitative estimate of drug-likeness (QED) is 0.746. The van der Waals surface area contributed by atoms with Crippen LogP contribution in [0.15, 0.2) is 0 Å². The van der Waals surface area contributed by atoms with Gasteiger partial charge in [-0.25, -0.2) is 0 Å². The van der Waals surface area contributed by atoms with E-state index in [0.29, 0.717) is 19.4 Å². The molecule has 0 bridgehead atoms.